The maximum absolute atomic E-state index is 11.6. The first-order valence-corrected chi connectivity index (χ1v) is 16.7. The number of hydrogen-bond donors (Lipinski definition) is 3. The molecule has 2 rings (SSSR count). The molecule has 2 aliphatic heterocycles. The van der Waals surface area contributed by atoms with Crippen molar-refractivity contribution >= 4 is 11.9 Å². The van der Waals surface area contributed by atoms with Crippen LogP contribution in [0.4, 0.5) is 0 Å². The standard InChI is InChI=1S/C33H59NO8/c1-27(36)40-29-21-23-33(41-30(32(29)42-33)19-15-11-12-16-20-31(37)38)22-17-13-9-7-5-3-2-4-6-8-10-14-18-24-39-26-28(34)25-35/h16,20,28-30,32,35H,2-15,17-19,21-26,34H2,1H3,(H,37,38)/b20-16+/t28?,29-,30-,32+,33-/m1/s1. The van der Waals surface area contributed by atoms with Crippen molar-refractivity contribution in [2.75, 3.05) is 19.8 Å². The van der Waals surface area contributed by atoms with Gasteiger partial charge in [0.15, 0.2) is 5.79 Å². The first kappa shape index (κ1) is 36.7. The average molecular weight is 598 g/mol. The minimum absolute atomic E-state index is 0.0188. The molecule has 1 unspecified atom stereocenters. The van der Waals surface area contributed by atoms with E-state index in [1.807, 2.05) is 0 Å². The van der Waals surface area contributed by atoms with Gasteiger partial charge in [-0.3, -0.25) is 4.79 Å². The number of carboxylic acid groups (broad SMARTS) is 1. The number of aliphatic carboxylic acids is 1. The summed E-state index contributed by atoms with van der Waals surface area (Å²) in [6.07, 6.45) is 24.3. The number of carbonyl (C=O) groups is 2. The van der Waals surface area contributed by atoms with E-state index in [2.05, 4.69) is 0 Å². The van der Waals surface area contributed by atoms with Crippen LogP contribution in [-0.4, -0.2) is 72.1 Å². The second-order valence-corrected chi connectivity index (χ2v) is 12.2. The zero-order valence-electron chi connectivity index (χ0n) is 26.1. The van der Waals surface area contributed by atoms with Crippen LogP contribution in [0.2, 0.25) is 0 Å². The number of carbonyl (C=O) groups excluding carboxylic acids is 1. The lowest BCUT2D eigenvalue weighted by Gasteiger charge is -2.35. The molecule has 0 spiro atoms. The van der Waals surface area contributed by atoms with Crippen molar-refractivity contribution in [2.24, 2.45) is 5.73 Å². The highest BCUT2D eigenvalue weighted by Gasteiger charge is 2.54. The Morgan fingerprint density at radius 2 is 1.55 bits per heavy atom. The fourth-order valence-electron chi connectivity index (χ4n) is 6.08. The minimum Gasteiger partial charge on any atom is -0.478 e. The smallest absolute Gasteiger partial charge is 0.327 e. The molecule has 0 aliphatic carbocycles. The summed E-state index contributed by atoms with van der Waals surface area (Å²) in [5.74, 6) is -1.74. The zero-order chi connectivity index (χ0) is 30.5. The quantitative estimate of drug-likeness (QED) is 0.0605. The Morgan fingerprint density at radius 1 is 0.929 bits per heavy atom. The molecule has 9 nitrogen and oxygen atoms in total. The van der Waals surface area contributed by atoms with Crippen molar-refractivity contribution in [1.29, 1.82) is 0 Å². The van der Waals surface area contributed by atoms with Crippen molar-refractivity contribution < 1.29 is 38.7 Å². The van der Waals surface area contributed by atoms with E-state index in [0.717, 1.165) is 64.4 Å². The summed E-state index contributed by atoms with van der Waals surface area (Å²) in [6.45, 7) is 2.61. The normalized spacial score (nSPS) is 24.3. The van der Waals surface area contributed by atoms with Gasteiger partial charge >= 0.3 is 11.9 Å². The predicted molar refractivity (Wildman–Crippen MR) is 163 cm³/mol. The van der Waals surface area contributed by atoms with Crippen molar-refractivity contribution in [3.8, 4) is 0 Å². The Balaban J connectivity index is 1.50. The second kappa shape index (κ2) is 22.1. The molecule has 2 heterocycles. The summed E-state index contributed by atoms with van der Waals surface area (Å²) >= 11 is 0. The number of carboxylic acids is 1. The van der Waals surface area contributed by atoms with Crippen LogP contribution in [0.3, 0.4) is 0 Å². The van der Waals surface area contributed by atoms with Crippen molar-refractivity contribution in [3.63, 3.8) is 0 Å². The van der Waals surface area contributed by atoms with E-state index in [1.165, 1.54) is 83.6 Å². The maximum Gasteiger partial charge on any atom is 0.327 e. The molecule has 2 fully saturated rings. The lowest BCUT2D eigenvalue weighted by molar-refractivity contribution is -0.220. The van der Waals surface area contributed by atoms with Gasteiger partial charge in [0.1, 0.15) is 12.2 Å². The molecule has 2 saturated heterocycles. The van der Waals surface area contributed by atoms with E-state index in [0.29, 0.717) is 6.61 Å². The summed E-state index contributed by atoms with van der Waals surface area (Å²) in [5.41, 5.74) is 5.61. The van der Waals surface area contributed by atoms with Crippen LogP contribution in [0.1, 0.15) is 135 Å². The second-order valence-electron chi connectivity index (χ2n) is 12.2. The van der Waals surface area contributed by atoms with Gasteiger partial charge < -0.3 is 34.9 Å². The lowest BCUT2D eigenvalue weighted by Crippen LogP contribution is -2.43. The number of unbranched alkanes of at least 4 members (excludes halogenated alkanes) is 14. The molecule has 0 amide bonds. The molecule has 244 valence electrons. The van der Waals surface area contributed by atoms with Crippen LogP contribution < -0.4 is 5.73 Å². The Morgan fingerprint density at radius 3 is 2.14 bits per heavy atom. The van der Waals surface area contributed by atoms with Crippen LogP contribution >= 0.6 is 0 Å². The maximum atomic E-state index is 11.6. The molecule has 2 aliphatic rings. The summed E-state index contributed by atoms with van der Waals surface area (Å²) in [4.78, 5) is 22.3. The highest BCUT2D eigenvalue weighted by atomic mass is 16.8. The van der Waals surface area contributed by atoms with Crippen LogP contribution in [0.15, 0.2) is 12.2 Å². The number of nitrogens with two attached hydrogens (primary N) is 1. The highest BCUT2D eigenvalue weighted by Crippen LogP contribution is 2.45. The van der Waals surface area contributed by atoms with Crippen LogP contribution in [-0.2, 0) is 28.5 Å². The number of rotatable bonds is 26. The third-order valence-electron chi connectivity index (χ3n) is 8.36. The van der Waals surface area contributed by atoms with Gasteiger partial charge in [-0.15, -0.1) is 0 Å². The SMILES string of the molecule is CC(=O)O[C@@H]1CC[C@@]2(CCCCCCCCCCCCCCCOCC(N)CO)O[C@@H]1[C@@H](CCCC/C=C/C(=O)O)O2. The summed E-state index contributed by atoms with van der Waals surface area (Å²) in [5, 5.41) is 17.6. The molecule has 5 atom stereocenters. The number of ether oxygens (including phenoxy) is 4. The number of aliphatic hydroxyl groups is 1. The van der Waals surface area contributed by atoms with E-state index < -0.39 is 11.8 Å². The van der Waals surface area contributed by atoms with Crippen LogP contribution in [0.25, 0.3) is 0 Å². The minimum atomic E-state index is -0.915. The highest BCUT2D eigenvalue weighted by molar-refractivity contribution is 5.79. The molecule has 2 bridgehead atoms. The van der Waals surface area contributed by atoms with Crippen molar-refractivity contribution in [3.05, 3.63) is 12.2 Å². The van der Waals surface area contributed by atoms with E-state index in [4.69, 9.17) is 34.9 Å². The van der Waals surface area contributed by atoms with Gasteiger partial charge in [0, 0.05) is 32.4 Å². The molecular weight excluding hydrogens is 538 g/mol. The van der Waals surface area contributed by atoms with Gasteiger partial charge in [-0.1, -0.05) is 83.1 Å². The van der Waals surface area contributed by atoms with Crippen LogP contribution in [0, 0.1) is 0 Å². The van der Waals surface area contributed by atoms with Gasteiger partial charge in [-0.25, -0.2) is 4.79 Å². The molecule has 0 aromatic carbocycles. The third-order valence-corrected chi connectivity index (χ3v) is 8.36. The molecule has 0 aromatic rings. The molecule has 4 N–H and O–H groups in total. The van der Waals surface area contributed by atoms with E-state index in [9.17, 15) is 9.59 Å². The molecule has 0 saturated carbocycles. The number of aliphatic hydroxyl groups excluding tert-OH is 1. The Bertz CT molecular complexity index is 762. The van der Waals surface area contributed by atoms with E-state index in [-0.39, 0.29) is 36.9 Å². The van der Waals surface area contributed by atoms with Crippen LogP contribution in [0.5, 0.6) is 0 Å². The van der Waals surface area contributed by atoms with Gasteiger partial charge in [0.2, 0.25) is 0 Å². The molecule has 0 aromatic heterocycles. The fourth-order valence-corrected chi connectivity index (χ4v) is 6.08. The summed E-state index contributed by atoms with van der Waals surface area (Å²) in [7, 11) is 0. The first-order valence-electron chi connectivity index (χ1n) is 16.7. The Hall–Kier alpha value is -1.52. The van der Waals surface area contributed by atoms with E-state index >= 15 is 0 Å². The average Bonchev–Trinajstić information content (AvgIpc) is 3.25. The fraction of sp³-hybridized carbons (Fsp3) is 0.879. The Kier molecular flexibility index (Phi) is 19.3. The third kappa shape index (κ3) is 15.8. The molecule has 9 heteroatoms. The van der Waals surface area contributed by atoms with Gasteiger partial charge in [0.25, 0.3) is 0 Å². The van der Waals surface area contributed by atoms with Gasteiger partial charge in [-0.05, 0) is 38.5 Å². The molecule has 0 radical (unpaired) electrons. The topological polar surface area (TPSA) is 138 Å². The molecule has 42 heavy (non-hydrogen) atoms. The largest absolute Gasteiger partial charge is 0.478 e. The predicted octanol–water partition coefficient (Wildman–Crippen LogP) is 6.19. The lowest BCUT2D eigenvalue weighted by atomic mass is 9.94. The van der Waals surface area contributed by atoms with Gasteiger partial charge in [0.05, 0.1) is 25.4 Å². The number of fused-ring (bicyclic) bond motifs is 2. The summed E-state index contributed by atoms with van der Waals surface area (Å²) in [6, 6.07) is -0.256. The van der Waals surface area contributed by atoms with Crippen molar-refractivity contribution in [1.82, 2.24) is 0 Å². The number of allylic oxidation sites excluding steroid dienone is 1. The van der Waals surface area contributed by atoms with Gasteiger partial charge in [-0.2, -0.15) is 0 Å². The number of hydrogen-bond acceptors (Lipinski definition) is 8. The zero-order valence-corrected chi connectivity index (χ0v) is 26.1. The number of esters is 1. The van der Waals surface area contributed by atoms with Crippen molar-refractivity contribution in [2.45, 2.75) is 165 Å². The molecular formula is C33H59NO8. The summed E-state index contributed by atoms with van der Waals surface area (Å²) < 4.78 is 24.0. The first-order chi connectivity index (χ1) is 20.3. The monoisotopic (exact) mass is 597 g/mol. The Labute approximate surface area is 253 Å². The van der Waals surface area contributed by atoms with E-state index in [1.54, 1.807) is 6.08 Å².